The SMILES string of the molecule is COc1ccc(-c2nc(NC(=O)[C@@H]3CNCCO3)sc2C)cc1OC.O=C(O)C(F)(F)F. The van der Waals surface area contributed by atoms with Gasteiger partial charge < -0.3 is 24.6 Å². The zero-order chi connectivity index (χ0) is 23.9. The number of thiazole rings is 1. The first-order valence-electron chi connectivity index (χ1n) is 9.20. The number of halogens is 3. The lowest BCUT2D eigenvalue weighted by molar-refractivity contribution is -0.192. The third-order valence-electron chi connectivity index (χ3n) is 4.15. The molecule has 0 bridgehead atoms. The number of nitrogens with zero attached hydrogens (tertiary/aromatic N) is 1. The van der Waals surface area contributed by atoms with E-state index in [9.17, 15) is 18.0 Å². The van der Waals surface area contributed by atoms with Gasteiger partial charge in [0.15, 0.2) is 16.6 Å². The molecule has 1 aromatic heterocycles. The summed E-state index contributed by atoms with van der Waals surface area (Å²) in [4.78, 5) is 26.7. The van der Waals surface area contributed by atoms with E-state index in [1.807, 2.05) is 25.1 Å². The number of carbonyl (C=O) groups is 2. The van der Waals surface area contributed by atoms with E-state index in [1.54, 1.807) is 14.2 Å². The van der Waals surface area contributed by atoms with Crippen LogP contribution >= 0.6 is 11.3 Å². The Bertz CT molecular complexity index is 945. The van der Waals surface area contributed by atoms with Gasteiger partial charge in [-0.2, -0.15) is 13.2 Å². The van der Waals surface area contributed by atoms with E-state index in [2.05, 4.69) is 15.6 Å². The van der Waals surface area contributed by atoms with Gasteiger partial charge in [0, 0.05) is 23.5 Å². The molecular weight excluding hydrogens is 455 g/mol. The number of benzene rings is 1. The summed E-state index contributed by atoms with van der Waals surface area (Å²) in [5.41, 5.74) is 1.71. The van der Waals surface area contributed by atoms with E-state index in [1.165, 1.54) is 11.3 Å². The van der Waals surface area contributed by atoms with Gasteiger partial charge in [-0.3, -0.25) is 10.1 Å². The summed E-state index contributed by atoms with van der Waals surface area (Å²) in [6.45, 7) is 3.78. The predicted octanol–water partition coefficient (Wildman–Crippen LogP) is 2.70. The number of carboxylic acid groups (broad SMARTS) is 1. The quantitative estimate of drug-likeness (QED) is 0.602. The summed E-state index contributed by atoms with van der Waals surface area (Å²) >= 11 is 1.43. The number of nitrogens with one attached hydrogen (secondary N) is 2. The third kappa shape index (κ3) is 6.80. The van der Waals surface area contributed by atoms with Gasteiger partial charge in [-0.05, 0) is 25.1 Å². The van der Waals surface area contributed by atoms with Crippen LogP contribution in [0.25, 0.3) is 11.3 Å². The fourth-order valence-corrected chi connectivity index (χ4v) is 3.46. The Balaban J connectivity index is 0.000000451. The number of aliphatic carboxylic acids is 1. The van der Waals surface area contributed by atoms with Crippen molar-refractivity contribution in [1.82, 2.24) is 10.3 Å². The molecule has 0 unspecified atom stereocenters. The number of carbonyl (C=O) groups excluding carboxylic acids is 1. The lowest BCUT2D eigenvalue weighted by Gasteiger charge is -2.22. The Labute approximate surface area is 185 Å². The monoisotopic (exact) mass is 477 g/mol. The number of carboxylic acids is 1. The van der Waals surface area contributed by atoms with Crippen molar-refractivity contribution in [1.29, 1.82) is 0 Å². The van der Waals surface area contributed by atoms with Crippen molar-refractivity contribution in [2.24, 2.45) is 0 Å². The van der Waals surface area contributed by atoms with Crippen LogP contribution < -0.4 is 20.1 Å². The van der Waals surface area contributed by atoms with Crippen LogP contribution in [0.3, 0.4) is 0 Å². The molecule has 0 radical (unpaired) electrons. The highest BCUT2D eigenvalue weighted by molar-refractivity contribution is 7.16. The number of anilines is 1. The standard InChI is InChI=1S/C17H21N3O4S.C2HF3O2/c1-10-15(11-4-5-12(22-2)13(8-11)23-3)19-17(25-10)20-16(21)14-9-18-6-7-24-14;3-2(4,5)1(6)7/h4-5,8,14,18H,6-7,9H2,1-3H3,(H,19,20,21);(H,6,7)/t14-;/m0./s1. The van der Waals surface area contributed by atoms with Gasteiger partial charge >= 0.3 is 12.1 Å². The molecule has 32 heavy (non-hydrogen) atoms. The summed E-state index contributed by atoms with van der Waals surface area (Å²) in [5, 5.41) is 13.7. The number of hydrogen-bond acceptors (Lipinski definition) is 8. The molecule has 1 aliphatic rings. The minimum Gasteiger partial charge on any atom is -0.493 e. The molecule has 1 aromatic carbocycles. The van der Waals surface area contributed by atoms with Crippen molar-refractivity contribution in [2.75, 3.05) is 39.2 Å². The van der Waals surface area contributed by atoms with Gasteiger partial charge in [-0.25, -0.2) is 9.78 Å². The molecule has 1 aliphatic heterocycles. The number of amides is 1. The molecule has 3 rings (SSSR count). The van der Waals surface area contributed by atoms with Crippen LogP contribution in [0, 0.1) is 6.92 Å². The van der Waals surface area contributed by atoms with E-state index in [-0.39, 0.29) is 5.91 Å². The molecule has 0 saturated carbocycles. The number of ether oxygens (including phenoxy) is 3. The molecule has 13 heteroatoms. The first kappa shape index (κ1) is 25.4. The zero-order valence-electron chi connectivity index (χ0n) is 17.4. The predicted molar refractivity (Wildman–Crippen MR) is 110 cm³/mol. The number of morpholine rings is 1. The van der Waals surface area contributed by atoms with E-state index in [0.717, 1.165) is 22.7 Å². The second-order valence-electron chi connectivity index (χ2n) is 6.35. The van der Waals surface area contributed by atoms with Gasteiger partial charge in [0.05, 0.1) is 26.5 Å². The minimum absolute atomic E-state index is 0.181. The van der Waals surface area contributed by atoms with Crippen LogP contribution in [0.2, 0.25) is 0 Å². The molecule has 0 aliphatic carbocycles. The van der Waals surface area contributed by atoms with Gasteiger partial charge in [0.2, 0.25) is 0 Å². The van der Waals surface area contributed by atoms with Crippen LogP contribution in [0.1, 0.15) is 4.88 Å². The van der Waals surface area contributed by atoms with Crippen LogP contribution in [-0.4, -0.2) is 68.2 Å². The number of aromatic nitrogens is 1. The Morgan fingerprint density at radius 1 is 1.28 bits per heavy atom. The molecule has 2 aromatic rings. The summed E-state index contributed by atoms with van der Waals surface area (Å²) in [5.74, 6) is -1.64. The summed E-state index contributed by atoms with van der Waals surface area (Å²) in [6, 6.07) is 5.64. The Morgan fingerprint density at radius 2 is 1.94 bits per heavy atom. The van der Waals surface area contributed by atoms with Crippen LogP contribution in [0.5, 0.6) is 11.5 Å². The maximum Gasteiger partial charge on any atom is 0.490 e. The number of aryl methyl sites for hydroxylation is 1. The molecule has 3 N–H and O–H groups in total. The fourth-order valence-electron chi connectivity index (χ4n) is 2.62. The van der Waals surface area contributed by atoms with Gasteiger partial charge in [-0.1, -0.05) is 0 Å². The van der Waals surface area contributed by atoms with Crippen molar-refractivity contribution in [3.8, 4) is 22.8 Å². The highest BCUT2D eigenvalue weighted by atomic mass is 32.1. The van der Waals surface area contributed by atoms with Crippen molar-refractivity contribution >= 4 is 28.3 Å². The molecule has 1 atom stereocenters. The van der Waals surface area contributed by atoms with E-state index in [0.29, 0.717) is 29.8 Å². The van der Waals surface area contributed by atoms with Crippen molar-refractivity contribution in [3.63, 3.8) is 0 Å². The van der Waals surface area contributed by atoms with Gasteiger partial charge in [-0.15, -0.1) is 11.3 Å². The van der Waals surface area contributed by atoms with Crippen molar-refractivity contribution < 1.29 is 42.1 Å². The highest BCUT2D eigenvalue weighted by Gasteiger charge is 2.38. The smallest absolute Gasteiger partial charge is 0.490 e. The van der Waals surface area contributed by atoms with E-state index >= 15 is 0 Å². The Hall–Kier alpha value is -2.90. The molecular formula is C19H22F3N3O6S. The zero-order valence-corrected chi connectivity index (χ0v) is 18.2. The largest absolute Gasteiger partial charge is 0.493 e. The number of methoxy groups -OCH3 is 2. The topological polar surface area (TPSA) is 119 Å². The first-order chi connectivity index (χ1) is 15.1. The summed E-state index contributed by atoms with van der Waals surface area (Å²) in [7, 11) is 3.20. The van der Waals surface area contributed by atoms with Gasteiger partial charge in [0.25, 0.3) is 5.91 Å². The van der Waals surface area contributed by atoms with Crippen LogP contribution in [0.4, 0.5) is 18.3 Å². The maximum atomic E-state index is 12.3. The molecule has 1 saturated heterocycles. The molecule has 1 amide bonds. The maximum absolute atomic E-state index is 12.3. The average molecular weight is 477 g/mol. The molecule has 1 fully saturated rings. The average Bonchev–Trinajstić information content (AvgIpc) is 3.13. The fraction of sp³-hybridized carbons (Fsp3) is 0.421. The van der Waals surface area contributed by atoms with Gasteiger partial charge in [0.1, 0.15) is 6.10 Å². The van der Waals surface area contributed by atoms with Crippen molar-refractivity contribution in [2.45, 2.75) is 19.2 Å². The second-order valence-corrected chi connectivity index (χ2v) is 7.55. The lowest BCUT2D eigenvalue weighted by Crippen LogP contribution is -2.45. The molecule has 9 nitrogen and oxygen atoms in total. The minimum atomic E-state index is -5.08. The molecule has 176 valence electrons. The highest BCUT2D eigenvalue weighted by Crippen LogP contribution is 2.36. The number of alkyl halides is 3. The van der Waals surface area contributed by atoms with Crippen LogP contribution in [0.15, 0.2) is 18.2 Å². The Kier molecular flexibility index (Phi) is 8.80. The molecule has 2 heterocycles. The molecule has 0 spiro atoms. The lowest BCUT2D eigenvalue weighted by atomic mass is 10.1. The number of hydrogen-bond donors (Lipinski definition) is 3. The summed E-state index contributed by atoms with van der Waals surface area (Å²) in [6.07, 6.45) is -5.57. The number of rotatable bonds is 5. The second kappa shape index (κ2) is 11.1. The van der Waals surface area contributed by atoms with Crippen LogP contribution in [-0.2, 0) is 14.3 Å². The summed E-state index contributed by atoms with van der Waals surface area (Å²) < 4.78 is 47.8. The first-order valence-corrected chi connectivity index (χ1v) is 10.0. The third-order valence-corrected chi connectivity index (χ3v) is 5.03. The van der Waals surface area contributed by atoms with E-state index < -0.39 is 18.2 Å². The van der Waals surface area contributed by atoms with Crippen molar-refractivity contribution in [3.05, 3.63) is 23.1 Å². The normalized spacial score (nSPS) is 15.9. The van der Waals surface area contributed by atoms with E-state index in [4.69, 9.17) is 24.1 Å². The Morgan fingerprint density at radius 3 is 2.47 bits per heavy atom.